The van der Waals surface area contributed by atoms with Crippen molar-refractivity contribution < 1.29 is 13.2 Å². The number of rotatable bonds is 7. The Balaban J connectivity index is 2.16. The molecule has 0 spiro atoms. The minimum absolute atomic E-state index is 0.134. The van der Waals surface area contributed by atoms with Crippen molar-refractivity contribution in [2.75, 3.05) is 0 Å². The van der Waals surface area contributed by atoms with Crippen LogP contribution in [0.2, 0.25) is 5.02 Å². The van der Waals surface area contributed by atoms with E-state index >= 15 is 0 Å². The van der Waals surface area contributed by atoms with E-state index in [4.69, 9.17) is 11.6 Å². The zero-order valence-electron chi connectivity index (χ0n) is 15.9. The second-order valence-electron chi connectivity index (χ2n) is 6.94. The fraction of sp³-hybridized carbons (Fsp3) is 0.350. The lowest BCUT2D eigenvalue weighted by atomic mass is 10.0. The standard InChI is InChI=1S/C20H25ClN2O3S/c1-13(2)19(23-27(25,26)18-10-8-14(3)9-11-18)20(24)22-15(4)16-6-5-7-17(21)12-16/h5-13,15,19,23H,1-4H3,(H,22,24)/t15-,19+/m0/s1. The highest BCUT2D eigenvalue weighted by Gasteiger charge is 2.29. The van der Waals surface area contributed by atoms with E-state index in [1.54, 1.807) is 44.2 Å². The van der Waals surface area contributed by atoms with Gasteiger partial charge in [-0.05, 0) is 49.6 Å². The van der Waals surface area contributed by atoms with Crippen molar-refractivity contribution in [1.82, 2.24) is 10.0 Å². The number of benzene rings is 2. The Morgan fingerprint density at radius 1 is 1.04 bits per heavy atom. The SMILES string of the molecule is Cc1ccc(S(=O)(=O)N[C@@H](C(=O)N[C@@H](C)c2cccc(Cl)c2)C(C)C)cc1. The maximum absolute atomic E-state index is 12.7. The number of halogens is 1. The summed E-state index contributed by atoms with van der Waals surface area (Å²) in [6.45, 7) is 7.30. The Labute approximate surface area is 166 Å². The Hall–Kier alpha value is -1.89. The summed E-state index contributed by atoms with van der Waals surface area (Å²) in [5, 5.41) is 3.44. The van der Waals surface area contributed by atoms with Gasteiger partial charge in [-0.3, -0.25) is 4.79 Å². The van der Waals surface area contributed by atoms with Crippen LogP contribution in [0.3, 0.4) is 0 Å². The highest BCUT2D eigenvalue weighted by molar-refractivity contribution is 7.89. The summed E-state index contributed by atoms with van der Waals surface area (Å²) in [6, 6.07) is 12.5. The van der Waals surface area contributed by atoms with Crippen LogP contribution in [0.4, 0.5) is 0 Å². The Kier molecular flexibility index (Phi) is 7.03. The second kappa shape index (κ2) is 8.87. The van der Waals surface area contributed by atoms with Gasteiger partial charge in [0.15, 0.2) is 0 Å². The summed E-state index contributed by atoms with van der Waals surface area (Å²) >= 11 is 6.00. The monoisotopic (exact) mass is 408 g/mol. The van der Waals surface area contributed by atoms with Gasteiger partial charge in [0.2, 0.25) is 15.9 Å². The zero-order valence-corrected chi connectivity index (χ0v) is 17.4. The third-order valence-corrected chi connectivity index (χ3v) is 5.96. The summed E-state index contributed by atoms with van der Waals surface area (Å²) in [4.78, 5) is 12.9. The molecule has 0 fully saturated rings. The van der Waals surface area contributed by atoms with Crippen LogP contribution in [0.25, 0.3) is 0 Å². The van der Waals surface area contributed by atoms with Crippen molar-refractivity contribution in [3.8, 4) is 0 Å². The Bertz CT molecular complexity index is 896. The highest BCUT2D eigenvalue weighted by Crippen LogP contribution is 2.18. The highest BCUT2D eigenvalue weighted by atomic mass is 35.5. The maximum atomic E-state index is 12.7. The van der Waals surface area contributed by atoms with E-state index in [1.165, 1.54) is 12.1 Å². The van der Waals surface area contributed by atoms with Crippen molar-refractivity contribution in [1.29, 1.82) is 0 Å². The molecule has 2 aromatic rings. The van der Waals surface area contributed by atoms with Gasteiger partial charge in [0.05, 0.1) is 10.9 Å². The average molecular weight is 409 g/mol. The first-order chi connectivity index (χ1) is 12.6. The van der Waals surface area contributed by atoms with E-state index in [1.807, 2.05) is 19.9 Å². The fourth-order valence-corrected chi connectivity index (χ4v) is 4.15. The molecule has 0 unspecified atom stereocenters. The van der Waals surface area contributed by atoms with E-state index in [9.17, 15) is 13.2 Å². The van der Waals surface area contributed by atoms with Gasteiger partial charge in [0.1, 0.15) is 6.04 Å². The molecule has 0 saturated heterocycles. The summed E-state index contributed by atoms with van der Waals surface area (Å²) in [6.07, 6.45) is 0. The van der Waals surface area contributed by atoms with Crippen molar-refractivity contribution in [2.24, 2.45) is 5.92 Å². The first kappa shape index (κ1) is 21.4. The molecule has 146 valence electrons. The number of nitrogens with one attached hydrogen (secondary N) is 2. The van der Waals surface area contributed by atoms with Crippen LogP contribution in [0.5, 0.6) is 0 Å². The first-order valence-electron chi connectivity index (χ1n) is 8.75. The number of aryl methyl sites for hydroxylation is 1. The van der Waals surface area contributed by atoms with Crippen LogP contribution < -0.4 is 10.0 Å². The van der Waals surface area contributed by atoms with Crippen LogP contribution in [-0.2, 0) is 14.8 Å². The first-order valence-corrected chi connectivity index (χ1v) is 10.6. The molecule has 1 amide bonds. The van der Waals surface area contributed by atoms with Crippen LogP contribution in [0.15, 0.2) is 53.4 Å². The molecular formula is C20H25ClN2O3S. The molecule has 2 aromatic carbocycles. The minimum Gasteiger partial charge on any atom is -0.348 e. The van der Waals surface area contributed by atoms with Gasteiger partial charge in [-0.15, -0.1) is 0 Å². The van der Waals surface area contributed by atoms with Crippen LogP contribution in [-0.4, -0.2) is 20.4 Å². The third kappa shape index (κ3) is 5.79. The predicted octanol–water partition coefficient (Wildman–Crippen LogP) is 3.83. The van der Waals surface area contributed by atoms with Gasteiger partial charge >= 0.3 is 0 Å². The van der Waals surface area contributed by atoms with Gasteiger partial charge < -0.3 is 5.32 Å². The van der Waals surface area contributed by atoms with Crippen molar-refractivity contribution in [3.63, 3.8) is 0 Å². The van der Waals surface area contributed by atoms with Crippen molar-refractivity contribution >= 4 is 27.5 Å². The molecule has 27 heavy (non-hydrogen) atoms. The Morgan fingerprint density at radius 3 is 2.22 bits per heavy atom. The Morgan fingerprint density at radius 2 is 1.67 bits per heavy atom. The van der Waals surface area contributed by atoms with Crippen LogP contribution in [0, 0.1) is 12.8 Å². The van der Waals surface area contributed by atoms with Gasteiger partial charge in [0.25, 0.3) is 0 Å². The molecule has 0 aromatic heterocycles. The molecular weight excluding hydrogens is 384 g/mol. The molecule has 0 aliphatic rings. The molecule has 0 aliphatic heterocycles. The largest absolute Gasteiger partial charge is 0.348 e. The van der Waals surface area contributed by atoms with E-state index < -0.39 is 16.1 Å². The topological polar surface area (TPSA) is 75.3 Å². The molecule has 0 bridgehead atoms. The smallest absolute Gasteiger partial charge is 0.241 e. The average Bonchev–Trinajstić information content (AvgIpc) is 2.59. The van der Waals surface area contributed by atoms with E-state index in [0.717, 1.165) is 11.1 Å². The lowest BCUT2D eigenvalue weighted by Gasteiger charge is -2.24. The number of sulfonamides is 1. The number of hydrogen-bond donors (Lipinski definition) is 2. The summed E-state index contributed by atoms with van der Waals surface area (Å²) < 4.78 is 27.8. The van der Waals surface area contributed by atoms with Crippen molar-refractivity contribution in [2.45, 2.75) is 44.7 Å². The number of carbonyl (C=O) groups excluding carboxylic acids is 1. The molecule has 0 aliphatic carbocycles. The lowest BCUT2D eigenvalue weighted by Crippen LogP contribution is -2.50. The normalized spacial score (nSPS) is 14.0. The summed E-state index contributed by atoms with van der Waals surface area (Å²) in [7, 11) is -3.81. The molecule has 7 heteroatoms. The molecule has 0 saturated carbocycles. The zero-order chi connectivity index (χ0) is 20.2. The predicted molar refractivity (Wildman–Crippen MR) is 108 cm³/mol. The van der Waals surface area contributed by atoms with E-state index in [2.05, 4.69) is 10.0 Å². The minimum atomic E-state index is -3.81. The van der Waals surface area contributed by atoms with Gasteiger partial charge in [-0.1, -0.05) is 55.3 Å². The lowest BCUT2D eigenvalue weighted by molar-refractivity contribution is -0.124. The summed E-state index contributed by atoms with van der Waals surface area (Å²) in [5.41, 5.74) is 1.81. The number of hydrogen-bond acceptors (Lipinski definition) is 3. The maximum Gasteiger partial charge on any atom is 0.241 e. The van der Waals surface area contributed by atoms with Crippen LogP contribution in [0.1, 0.15) is 37.9 Å². The summed E-state index contributed by atoms with van der Waals surface area (Å²) in [5.74, 6) is -0.607. The van der Waals surface area contributed by atoms with Crippen LogP contribution >= 0.6 is 11.6 Å². The van der Waals surface area contributed by atoms with Gasteiger partial charge in [0, 0.05) is 5.02 Å². The van der Waals surface area contributed by atoms with Gasteiger partial charge in [-0.2, -0.15) is 4.72 Å². The molecule has 0 heterocycles. The van der Waals surface area contributed by atoms with Gasteiger partial charge in [-0.25, -0.2) is 8.42 Å². The molecule has 2 rings (SSSR count). The quantitative estimate of drug-likeness (QED) is 0.731. The number of carbonyl (C=O) groups is 1. The fourth-order valence-electron chi connectivity index (χ4n) is 2.61. The van der Waals surface area contributed by atoms with E-state index in [-0.39, 0.29) is 22.8 Å². The van der Waals surface area contributed by atoms with Crippen molar-refractivity contribution in [3.05, 3.63) is 64.7 Å². The third-order valence-electron chi connectivity index (χ3n) is 4.27. The number of amides is 1. The second-order valence-corrected chi connectivity index (χ2v) is 9.09. The molecule has 2 atom stereocenters. The molecule has 2 N–H and O–H groups in total. The molecule has 5 nitrogen and oxygen atoms in total. The molecule has 0 radical (unpaired) electrons. The van der Waals surface area contributed by atoms with E-state index in [0.29, 0.717) is 5.02 Å².